The fourth-order valence-corrected chi connectivity index (χ4v) is 1.60. The molecule has 2 heteroatoms. The number of hydrogen-bond acceptors (Lipinski definition) is 2. The molecular formula is C7H13NO. The Labute approximate surface area is 55.4 Å². The van der Waals surface area contributed by atoms with E-state index in [2.05, 4.69) is 0 Å². The first kappa shape index (κ1) is 5.69. The Morgan fingerprint density at radius 2 is 2.22 bits per heavy atom. The zero-order chi connectivity index (χ0) is 6.27. The summed E-state index contributed by atoms with van der Waals surface area (Å²) in [5.74, 6) is 0.715. The minimum atomic E-state index is 0.466. The fraction of sp³-hybridized carbons (Fsp3) is 1.00. The van der Waals surface area contributed by atoms with Gasteiger partial charge in [-0.2, -0.15) is 0 Å². The number of hydrogen-bond donors (Lipinski definition) is 1. The molecule has 2 N–H and O–H groups in total. The molecule has 1 saturated carbocycles. The molecule has 2 rings (SSSR count). The molecule has 0 unspecified atom stereocenters. The minimum absolute atomic E-state index is 0.466. The van der Waals surface area contributed by atoms with Crippen LogP contribution in [0.2, 0.25) is 0 Å². The Kier molecular flexibility index (Phi) is 1.24. The summed E-state index contributed by atoms with van der Waals surface area (Å²) in [5, 5.41) is 0. The van der Waals surface area contributed by atoms with Crippen molar-refractivity contribution in [3.05, 3.63) is 0 Å². The predicted octanol–water partition coefficient (Wildman–Crippen LogP) is 0.513. The van der Waals surface area contributed by atoms with Crippen LogP contribution in [0.5, 0.6) is 0 Å². The Balaban J connectivity index is 1.85. The van der Waals surface area contributed by atoms with E-state index < -0.39 is 0 Å². The fourth-order valence-electron chi connectivity index (χ4n) is 1.60. The van der Waals surface area contributed by atoms with Gasteiger partial charge in [0.1, 0.15) is 0 Å². The molecule has 1 heterocycles. The normalized spacial score (nSPS) is 49.7. The topological polar surface area (TPSA) is 35.2 Å². The molecule has 9 heavy (non-hydrogen) atoms. The Hall–Kier alpha value is -0.0800. The van der Waals surface area contributed by atoms with E-state index in [1.165, 1.54) is 19.3 Å². The SMILES string of the molecule is N[C@H]1C[C@H]1[C@@H]1CCCO1. The maximum absolute atomic E-state index is 5.67. The van der Waals surface area contributed by atoms with Crippen LogP contribution in [-0.2, 0) is 4.74 Å². The van der Waals surface area contributed by atoms with Gasteiger partial charge in [0.2, 0.25) is 0 Å². The number of rotatable bonds is 1. The third-order valence-electron chi connectivity index (χ3n) is 2.33. The van der Waals surface area contributed by atoms with Crippen LogP contribution in [-0.4, -0.2) is 18.8 Å². The summed E-state index contributed by atoms with van der Waals surface area (Å²) < 4.78 is 5.47. The average Bonchev–Trinajstić information content (AvgIpc) is 2.44. The minimum Gasteiger partial charge on any atom is -0.378 e. The van der Waals surface area contributed by atoms with E-state index >= 15 is 0 Å². The summed E-state index contributed by atoms with van der Waals surface area (Å²) >= 11 is 0. The van der Waals surface area contributed by atoms with Crippen molar-refractivity contribution >= 4 is 0 Å². The van der Waals surface area contributed by atoms with Gasteiger partial charge in [-0.3, -0.25) is 0 Å². The Morgan fingerprint density at radius 3 is 2.67 bits per heavy atom. The van der Waals surface area contributed by atoms with Gasteiger partial charge in [-0.25, -0.2) is 0 Å². The summed E-state index contributed by atoms with van der Waals surface area (Å²) in [4.78, 5) is 0. The lowest BCUT2D eigenvalue weighted by molar-refractivity contribution is 0.0927. The van der Waals surface area contributed by atoms with Gasteiger partial charge in [0.15, 0.2) is 0 Å². The third-order valence-corrected chi connectivity index (χ3v) is 2.33. The van der Waals surface area contributed by atoms with Crippen LogP contribution in [0.25, 0.3) is 0 Å². The molecular weight excluding hydrogens is 114 g/mol. The molecule has 1 saturated heterocycles. The Morgan fingerprint density at radius 1 is 1.44 bits per heavy atom. The van der Waals surface area contributed by atoms with E-state index in [0.717, 1.165) is 6.61 Å². The maximum Gasteiger partial charge on any atom is 0.0619 e. The second-order valence-corrected chi connectivity index (χ2v) is 3.11. The molecule has 52 valence electrons. The van der Waals surface area contributed by atoms with Gasteiger partial charge in [0, 0.05) is 18.6 Å². The van der Waals surface area contributed by atoms with Crippen LogP contribution in [0.3, 0.4) is 0 Å². The zero-order valence-corrected chi connectivity index (χ0v) is 5.55. The van der Waals surface area contributed by atoms with Crippen LogP contribution >= 0.6 is 0 Å². The first-order valence-corrected chi connectivity index (χ1v) is 3.75. The first-order chi connectivity index (χ1) is 4.38. The summed E-state index contributed by atoms with van der Waals surface area (Å²) in [7, 11) is 0. The maximum atomic E-state index is 5.67. The summed E-state index contributed by atoms with van der Waals surface area (Å²) in [6.07, 6.45) is 4.22. The molecule has 2 fully saturated rings. The first-order valence-electron chi connectivity index (χ1n) is 3.75. The van der Waals surface area contributed by atoms with E-state index in [1.54, 1.807) is 0 Å². The quantitative estimate of drug-likeness (QED) is 0.557. The molecule has 2 nitrogen and oxygen atoms in total. The molecule has 0 bridgehead atoms. The van der Waals surface area contributed by atoms with Crippen molar-refractivity contribution in [2.24, 2.45) is 11.7 Å². The van der Waals surface area contributed by atoms with E-state index in [9.17, 15) is 0 Å². The highest BCUT2D eigenvalue weighted by molar-refractivity contribution is 4.96. The smallest absolute Gasteiger partial charge is 0.0619 e. The standard InChI is InChI=1S/C7H13NO/c8-6-4-5(6)7-2-1-3-9-7/h5-7H,1-4,8H2/t5-,6+,7+/m1/s1. The highest BCUT2D eigenvalue weighted by Crippen LogP contribution is 2.37. The molecule has 3 atom stereocenters. The summed E-state index contributed by atoms with van der Waals surface area (Å²) in [6.45, 7) is 0.966. The lowest BCUT2D eigenvalue weighted by Crippen LogP contribution is -2.14. The van der Waals surface area contributed by atoms with Crippen LogP contribution in [0.1, 0.15) is 19.3 Å². The van der Waals surface area contributed by atoms with Crippen LogP contribution in [0, 0.1) is 5.92 Å². The monoisotopic (exact) mass is 127 g/mol. The second kappa shape index (κ2) is 1.96. The number of nitrogens with two attached hydrogens (primary N) is 1. The van der Waals surface area contributed by atoms with E-state index in [0.29, 0.717) is 18.1 Å². The van der Waals surface area contributed by atoms with Gasteiger partial charge >= 0.3 is 0 Å². The van der Waals surface area contributed by atoms with Crippen molar-refractivity contribution in [2.75, 3.05) is 6.61 Å². The molecule has 0 radical (unpaired) electrons. The van der Waals surface area contributed by atoms with Crippen molar-refractivity contribution < 1.29 is 4.74 Å². The Bertz CT molecular complexity index is 109. The van der Waals surface area contributed by atoms with E-state index in [4.69, 9.17) is 10.5 Å². The predicted molar refractivity (Wildman–Crippen MR) is 35.1 cm³/mol. The summed E-state index contributed by atoms with van der Waals surface area (Å²) in [5.41, 5.74) is 5.67. The van der Waals surface area contributed by atoms with Crippen molar-refractivity contribution in [2.45, 2.75) is 31.4 Å². The van der Waals surface area contributed by atoms with Gasteiger partial charge in [-0.05, 0) is 19.3 Å². The molecule has 0 spiro atoms. The van der Waals surface area contributed by atoms with Crippen LogP contribution < -0.4 is 5.73 Å². The van der Waals surface area contributed by atoms with Gasteiger partial charge in [0.05, 0.1) is 6.10 Å². The second-order valence-electron chi connectivity index (χ2n) is 3.11. The number of ether oxygens (including phenoxy) is 1. The molecule has 0 aromatic carbocycles. The molecule has 0 aromatic rings. The average molecular weight is 127 g/mol. The molecule has 2 aliphatic rings. The van der Waals surface area contributed by atoms with Gasteiger partial charge in [-0.15, -0.1) is 0 Å². The molecule has 1 aliphatic carbocycles. The van der Waals surface area contributed by atoms with E-state index in [-0.39, 0.29) is 0 Å². The van der Waals surface area contributed by atoms with Gasteiger partial charge < -0.3 is 10.5 Å². The molecule has 1 aliphatic heterocycles. The van der Waals surface area contributed by atoms with Crippen molar-refractivity contribution in [3.8, 4) is 0 Å². The third kappa shape index (κ3) is 0.970. The summed E-state index contributed by atoms with van der Waals surface area (Å²) in [6, 6.07) is 0.466. The highest BCUT2D eigenvalue weighted by Gasteiger charge is 2.41. The molecule has 0 amide bonds. The van der Waals surface area contributed by atoms with Crippen molar-refractivity contribution in [1.82, 2.24) is 0 Å². The van der Waals surface area contributed by atoms with Crippen LogP contribution in [0.15, 0.2) is 0 Å². The lowest BCUT2D eigenvalue weighted by Gasteiger charge is -2.05. The van der Waals surface area contributed by atoms with Crippen LogP contribution in [0.4, 0.5) is 0 Å². The molecule has 0 aromatic heterocycles. The van der Waals surface area contributed by atoms with E-state index in [1.807, 2.05) is 0 Å². The zero-order valence-electron chi connectivity index (χ0n) is 5.55. The largest absolute Gasteiger partial charge is 0.378 e. The lowest BCUT2D eigenvalue weighted by atomic mass is 10.1. The van der Waals surface area contributed by atoms with Gasteiger partial charge in [0.25, 0.3) is 0 Å². The van der Waals surface area contributed by atoms with Gasteiger partial charge in [-0.1, -0.05) is 0 Å². The van der Waals surface area contributed by atoms with Crippen molar-refractivity contribution in [1.29, 1.82) is 0 Å². The highest BCUT2D eigenvalue weighted by atomic mass is 16.5. The van der Waals surface area contributed by atoms with Crippen molar-refractivity contribution in [3.63, 3.8) is 0 Å².